The molecule has 0 aromatic heterocycles. The summed E-state index contributed by atoms with van der Waals surface area (Å²) in [4.78, 5) is 0. The van der Waals surface area contributed by atoms with Gasteiger partial charge in [0.2, 0.25) is 0 Å². The maximum atomic E-state index is 13.5. The lowest BCUT2D eigenvalue weighted by Gasteiger charge is -2.07. The van der Waals surface area contributed by atoms with Crippen molar-refractivity contribution in [2.75, 3.05) is 5.75 Å². The van der Waals surface area contributed by atoms with Gasteiger partial charge in [0.05, 0.1) is 23.1 Å². The molecule has 0 radical (unpaired) electrons. The zero-order chi connectivity index (χ0) is 13.1. The van der Waals surface area contributed by atoms with Crippen LogP contribution in [0.1, 0.15) is 25.0 Å². The number of rotatable bonds is 4. The smallest absolute Gasteiger partial charge is 0.154 e. The van der Waals surface area contributed by atoms with Gasteiger partial charge in [0.25, 0.3) is 0 Å². The van der Waals surface area contributed by atoms with E-state index in [1.54, 1.807) is 19.9 Å². The molecule has 0 bridgehead atoms. The molecule has 3 nitrogen and oxygen atoms in total. The lowest BCUT2D eigenvalue weighted by molar-refractivity contribution is 0.575. The van der Waals surface area contributed by atoms with Crippen molar-refractivity contribution >= 4 is 9.84 Å². The third-order valence-corrected chi connectivity index (χ3v) is 4.07. The van der Waals surface area contributed by atoms with Gasteiger partial charge in [-0.2, -0.15) is 5.26 Å². The summed E-state index contributed by atoms with van der Waals surface area (Å²) in [6.45, 7) is 3.60. The van der Waals surface area contributed by atoms with Gasteiger partial charge in [0.1, 0.15) is 5.82 Å². The highest BCUT2D eigenvalue weighted by molar-refractivity contribution is 7.90. The van der Waals surface area contributed by atoms with E-state index in [1.807, 2.05) is 0 Å². The molecule has 0 saturated carbocycles. The summed E-state index contributed by atoms with van der Waals surface area (Å²) in [5, 5.41) is 8.57. The van der Waals surface area contributed by atoms with Crippen molar-refractivity contribution in [2.45, 2.75) is 19.6 Å². The monoisotopic (exact) mass is 255 g/mol. The molecular formula is C12H14FNO2S. The minimum atomic E-state index is -3.30. The molecule has 1 rings (SSSR count). The van der Waals surface area contributed by atoms with E-state index in [1.165, 1.54) is 12.1 Å². The summed E-state index contributed by atoms with van der Waals surface area (Å²) in [6.07, 6.45) is 0. The number of benzene rings is 1. The zero-order valence-corrected chi connectivity index (χ0v) is 10.6. The largest absolute Gasteiger partial charge is 0.228 e. The summed E-state index contributed by atoms with van der Waals surface area (Å²) in [6, 6.07) is 5.63. The molecular weight excluding hydrogens is 241 g/mol. The average molecular weight is 255 g/mol. The lowest BCUT2D eigenvalue weighted by atomic mass is 10.1. The van der Waals surface area contributed by atoms with Crippen molar-refractivity contribution < 1.29 is 12.8 Å². The average Bonchev–Trinajstić information content (AvgIpc) is 2.18. The van der Waals surface area contributed by atoms with Gasteiger partial charge in [0, 0.05) is 5.56 Å². The molecule has 0 spiro atoms. The maximum absolute atomic E-state index is 13.5. The molecule has 0 saturated heterocycles. The van der Waals surface area contributed by atoms with Crippen LogP contribution in [0.5, 0.6) is 0 Å². The third kappa shape index (κ3) is 4.16. The maximum Gasteiger partial charge on any atom is 0.154 e. The highest BCUT2D eigenvalue weighted by Gasteiger charge is 2.16. The van der Waals surface area contributed by atoms with E-state index in [4.69, 9.17) is 5.26 Å². The standard InChI is InChI=1S/C12H14FNO2S/c1-9(2)7-17(15,16)8-11-4-3-10(6-14)5-12(11)13/h3-5,9H,7-8H2,1-2H3. The molecule has 0 atom stereocenters. The van der Waals surface area contributed by atoms with Crippen LogP contribution in [-0.4, -0.2) is 14.2 Å². The molecule has 1 aromatic carbocycles. The molecule has 0 heterocycles. The number of hydrogen-bond acceptors (Lipinski definition) is 3. The quantitative estimate of drug-likeness (QED) is 0.829. The summed E-state index contributed by atoms with van der Waals surface area (Å²) < 4.78 is 36.9. The van der Waals surface area contributed by atoms with Crippen molar-refractivity contribution in [3.63, 3.8) is 0 Å². The van der Waals surface area contributed by atoms with Gasteiger partial charge in [-0.05, 0) is 18.1 Å². The van der Waals surface area contributed by atoms with Crippen molar-refractivity contribution in [2.24, 2.45) is 5.92 Å². The molecule has 0 unspecified atom stereocenters. The van der Waals surface area contributed by atoms with Crippen LogP contribution in [0.3, 0.4) is 0 Å². The Balaban J connectivity index is 2.94. The van der Waals surface area contributed by atoms with Crippen LogP contribution in [-0.2, 0) is 15.6 Å². The van der Waals surface area contributed by atoms with E-state index in [2.05, 4.69) is 0 Å². The van der Waals surface area contributed by atoms with E-state index in [0.29, 0.717) is 0 Å². The molecule has 5 heteroatoms. The van der Waals surface area contributed by atoms with Gasteiger partial charge in [-0.25, -0.2) is 12.8 Å². The Morgan fingerprint density at radius 3 is 2.53 bits per heavy atom. The van der Waals surface area contributed by atoms with Crippen LogP contribution < -0.4 is 0 Å². The van der Waals surface area contributed by atoms with Gasteiger partial charge in [-0.3, -0.25) is 0 Å². The Morgan fingerprint density at radius 2 is 2.06 bits per heavy atom. The van der Waals surface area contributed by atoms with Gasteiger partial charge >= 0.3 is 0 Å². The molecule has 0 fully saturated rings. The first kappa shape index (κ1) is 13.7. The molecule has 17 heavy (non-hydrogen) atoms. The van der Waals surface area contributed by atoms with Crippen molar-refractivity contribution in [3.8, 4) is 6.07 Å². The summed E-state index contributed by atoms with van der Waals surface area (Å²) in [5.41, 5.74) is 0.303. The zero-order valence-electron chi connectivity index (χ0n) is 9.77. The Hall–Kier alpha value is -1.41. The highest BCUT2D eigenvalue weighted by Crippen LogP contribution is 2.15. The van der Waals surface area contributed by atoms with Crippen LogP contribution in [0, 0.1) is 23.1 Å². The highest BCUT2D eigenvalue weighted by atomic mass is 32.2. The van der Waals surface area contributed by atoms with Gasteiger partial charge in [-0.1, -0.05) is 19.9 Å². The predicted molar refractivity (Wildman–Crippen MR) is 63.4 cm³/mol. The Morgan fingerprint density at radius 1 is 1.41 bits per heavy atom. The second-order valence-corrected chi connectivity index (χ2v) is 6.48. The number of halogens is 1. The summed E-state index contributed by atoms with van der Waals surface area (Å²) >= 11 is 0. The number of hydrogen-bond donors (Lipinski definition) is 0. The number of nitrogens with zero attached hydrogens (tertiary/aromatic N) is 1. The van der Waals surface area contributed by atoms with E-state index < -0.39 is 15.7 Å². The Kier molecular flexibility index (Phi) is 4.24. The summed E-state index contributed by atoms with van der Waals surface area (Å²) in [5.74, 6) is -0.910. The molecule has 1 aromatic rings. The topological polar surface area (TPSA) is 57.9 Å². The van der Waals surface area contributed by atoms with Crippen LogP contribution in [0.15, 0.2) is 18.2 Å². The predicted octanol–water partition coefficient (Wildman–Crippen LogP) is 2.27. The molecule has 0 N–H and O–H groups in total. The molecule has 0 aliphatic heterocycles. The summed E-state index contributed by atoms with van der Waals surface area (Å²) in [7, 11) is -3.30. The van der Waals surface area contributed by atoms with E-state index in [0.717, 1.165) is 6.07 Å². The SMILES string of the molecule is CC(C)CS(=O)(=O)Cc1ccc(C#N)cc1F. The van der Waals surface area contributed by atoms with Gasteiger partial charge < -0.3 is 0 Å². The number of sulfone groups is 1. The second-order valence-electron chi connectivity index (χ2n) is 4.37. The van der Waals surface area contributed by atoms with Gasteiger partial charge in [-0.15, -0.1) is 0 Å². The molecule has 92 valence electrons. The first-order valence-corrected chi connectivity index (χ1v) is 7.05. The Labute approximate surface area is 101 Å². The fourth-order valence-corrected chi connectivity index (χ4v) is 3.38. The van der Waals surface area contributed by atoms with Crippen molar-refractivity contribution in [1.29, 1.82) is 5.26 Å². The van der Waals surface area contributed by atoms with Crippen molar-refractivity contribution in [3.05, 3.63) is 35.1 Å². The third-order valence-electron chi connectivity index (χ3n) is 2.14. The minimum Gasteiger partial charge on any atom is -0.228 e. The van der Waals surface area contributed by atoms with Gasteiger partial charge in [0.15, 0.2) is 9.84 Å². The first-order valence-electron chi connectivity index (χ1n) is 5.23. The Bertz CT molecular complexity index is 544. The molecule has 0 amide bonds. The normalized spacial score (nSPS) is 11.5. The first-order chi connectivity index (χ1) is 7.84. The number of nitriles is 1. The van der Waals surface area contributed by atoms with Crippen LogP contribution in [0.2, 0.25) is 0 Å². The fraction of sp³-hybridized carbons (Fsp3) is 0.417. The van der Waals surface area contributed by atoms with Crippen LogP contribution in [0.4, 0.5) is 4.39 Å². The van der Waals surface area contributed by atoms with E-state index in [9.17, 15) is 12.8 Å². The van der Waals surface area contributed by atoms with Crippen molar-refractivity contribution in [1.82, 2.24) is 0 Å². The lowest BCUT2D eigenvalue weighted by Crippen LogP contribution is -2.14. The van der Waals surface area contributed by atoms with E-state index in [-0.39, 0.29) is 28.6 Å². The minimum absolute atomic E-state index is 0.0152. The second kappa shape index (κ2) is 5.28. The molecule has 0 aliphatic rings. The van der Waals surface area contributed by atoms with Crippen LogP contribution >= 0.6 is 0 Å². The van der Waals surface area contributed by atoms with Crippen LogP contribution in [0.25, 0.3) is 0 Å². The molecule has 0 aliphatic carbocycles. The van der Waals surface area contributed by atoms with E-state index >= 15 is 0 Å². The fourth-order valence-electron chi connectivity index (χ4n) is 1.54.